The number of rotatable bonds is 10. The first-order valence-electron chi connectivity index (χ1n) is 12.1. The van der Waals surface area contributed by atoms with Gasteiger partial charge in [-0.3, -0.25) is 28.8 Å². The minimum atomic E-state index is -4.21. The molecule has 0 spiro atoms. The van der Waals surface area contributed by atoms with Crippen molar-refractivity contribution in [1.29, 1.82) is 0 Å². The van der Waals surface area contributed by atoms with Gasteiger partial charge in [-0.25, -0.2) is 0 Å². The molecule has 2 aliphatic heterocycles. The fraction of sp³-hybridized carbons (Fsp3) is 0.750. The van der Waals surface area contributed by atoms with E-state index in [4.69, 9.17) is 14.2 Å². The fourth-order valence-electron chi connectivity index (χ4n) is 5.68. The molecule has 2 fully saturated rings. The Morgan fingerprint density at radius 1 is 0.659 bits per heavy atom. The summed E-state index contributed by atoms with van der Waals surface area (Å²) in [4.78, 5) is 78.2. The number of aliphatic hydroxyl groups is 8. The van der Waals surface area contributed by atoms with Crippen LogP contribution in [0.5, 0.6) is 0 Å². The summed E-state index contributed by atoms with van der Waals surface area (Å²) in [5, 5.41) is 87.4. The Morgan fingerprint density at radius 2 is 1.15 bits per heavy atom. The van der Waals surface area contributed by atoms with E-state index in [9.17, 15) is 69.6 Å². The van der Waals surface area contributed by atoms with E-state index in [1.807, 2.05) is 0 Å². The second-order valence-electron chi connectivity index (χ2n) is 10.2. The van der Waals surface area contributed by atoms with Gasteiger partial charge in [-0.15, -0.1) is 0 Å². The zero-order valence-corrected chi connectivity index (χ0v) is 23.0. The van der Waals surface area contributed by atoms with E-state index in [2.05, 4.69) is 0 Å². The number of hydrogen-bond acceptors (Lipinski definition) is 17. The molecule has 17 nitrogen and oxygen atoms in total. The van der Waals surface area contributed by atoms with Crippen LogP contribution in [0.4, 0.5) is 0 Å². The van der Waals surface area contributed by atoms with E-state index >= 15 is 0 Å². The number of carbonyl (C=O) groups excluding carboxylic acids is 6. The molecule has 0 bridgehead atoms. The highest BCUT2D eigenvalue weighted by Crippen LogP contribution is 2.55. The molecule has 0 aliphatic carbocycles. The van der Waals surface area contributed by atoms with Gasteiger partial charge in [0.25, 0.3) is 11.6 Å². The van der Waals surface area contributed by atoms with E-state index in [0.717, 1.165) is 0 Å². The van der Waals surface area contributed by atoms with Crippen molar-refractivity contribution in [2.45, 2.75) is 99.9 Å². The van der Waals surface area contributed by atoms with Crippen LogP contribution in [0.3, 0.4) is 0 Å². The van der Waals surface area contributed by atoms with Gasteiger partial charge in [-0.2, -0.15) is 0 Å². The maximum atomic E-state index is 13.5. The number of carbonyl (C=O) groups is 6. The Hall–Kier alpha value is -2.42. The van der Waals surface area contributed by atoms with E-state index in [1.165, 1.54) is 0 Å². The highest BCUT2D eigenvalue weighted by Gasteiger charge is 2.87. The Bertz CT molecular complexity index is 1170. The van der Waals surface area contributed by atoms with Crippen LogP contribution in [0.25, 0.3) is 0 Å². The molecule has 1 unspecified atom stereocenters. The van der Waals surface area contributed by atoms with E-state index in [1.54, 1.807) is 0 Å². The average molecular weight is 595 g/mol. The maximum Gasteiger partial charge on any atom is 0.270 e. The van der Waals surface area contributed by atoms with Crippen molar-refractivity contribution in [3.8, 4) is 0 Å². The third-order valence-electron chi connectivity index (χ3n) is 7.94. The average Bonchev–Trinajstić information content (AvgIpc) is 2.87. The third kappa shape index (κ3) is 3.96. The third-order valence-corrected chi connectivity index (χ3v) is 7.94. The van der Waals surface area contributed by atoms with Crippen molar-refractivity contribution < 1.29 is 83.8 Å². The first kappa shape index (κ1) is 34.8. The second-order valence-corrected chi connectivity index (χ2v) is 10.2. The first-order chi connectivity index (χ1) is 18.5. The standard InChI is InChI=1S/C24H34O17/c1-9(27)19(35)18(34)17(33)15(7-25)39-24(19,14(6)32)41-20(10(2)28)16(8-26)40-23(38,13(5)31)22(37,12(4)30)21(20,36)11(3)29/h15-18,25-26,33-38H,7-8H2,1-6H3/t15-,16-,17+,18+,19-,20-,21+,22-,23?,24+/m1/s1. The molecule has 8 N–H and O–H groups in total. The molecule has 232 valence electrons. The summed E-state index contributed by atoms with van der Waals surface area (Å²) in [6, 6.07) is 0. The topological polar surface area (TPSA) is 292 Å². The van der Waals surface area contributed by atoms with Crippen LogP contribution in [0.1, 0.15) is 41.5 Å². The van der Waals surface area contributed by atoms with E-state index in [0.29, 0.717) is 41.5 Å². The lowest BCUT2D eigenvalue weighted by Crippen LogP contribution is -2.93. The fourth-order valence-corrected chi connectivity index (χ4v) is 5.68. The Kier molecular flexibility index (Phi) is 9.07. The van der Waals surface area contributed by atoms with Crippen molar-refractivity contribution in [2.75, 3.05) is 13.2 Å². The zero-order chi connectivity index (χ0) is 32.3. The molecule has 2 rings (SSSR count). The molecule has 2 heterocycles. The summed E-state index contributed by atoms with van der Waals surface area (Å²) in [7, 11) is 0. The lowest BCUT2D eigenvalue weighted by molar-refractivity contribution is -0.444. The highest BCUT2D eigenvalue weighted by atomic mass is 16.8. The van der Waals surface area contributed by atoms with Gasteiger partial charge in [0, 0.05) is 13.8 Å². The van der Waals surface area contributed by atoms with Crippen molar-refractivity contribution in [3.63, 3.8) is 0 Å². The number of ketones is 6. The van der Waals surface area contributed by atoms with Crippen molar-refractivity contribution in [3.05, 3.63) is 0 Å². The van der Waals surface area contributed by atoms with Crippen LogP contribution in [-0.4, -0.2) is 147 Å². The van der Waals surface area contributed by atoms with Crippen LogP contribution >= 0.6 is 0 Å². The summed E-state index contributed by atoms with van der Waals surface area (Å²) in [5.41, 5.74) is -15.9. The molecule has 2 saturated heterocycles. The predicted octanol–water partition coefficient (Wildman–Crippen LogP) is -5.64. The molecule has 41 heavy (non-hydrogen) atoms. The van der Waals surface area contributed by atoms with Gasteiger partial charge in [0.1, 0.15) is 24.4 Å². The first-order valence-corrected chi connectivity index (χ1v) is 12.1. The monoisotopic (exact) mass is 594 g/mol. The normalized spacial score (nSPS) is 44.6. The van der Waals surface area contributed by atoms with Gasteiger partial charge in [0.2, 0.25) is 16.8 Å². The molecule has 0 radical (unpaired) electrons. The minimum Gasteiger partial charge on any atom is -0.394 e. The largest absolute Gasteiger partial charge is 0.394 e. The van der Waals surface area contributed by atoms with Gasteiger partial charge in [0.05, 0.1) is 13.2 Å². The van der Waals surface area contributed by atoms with Crippen LogP contribution < -0.4 is 0 Å². The number of Topliss-reactive ketones (excluding diaryl/α,β-unsaturated/α-hetero) is 6. The number of ether oxygens (including phenoxy) is 3. The maximum absolute atomic E-state index is 13.5. The van der Waals surface area contributed by atoms with Gasteiger partial charge >= 0.3 is 0 Å². The van der Waals surface area contributed by atoms with Crippen molar-refractivity contribution in [1.82, 2.24) is 0 Å². The van der Waals surface area contributed by atoms with Crippen LogP contribution in [0.15, 0.2) is 0 Å². The van der Waals surface area contributed by atoms with Crippen molar-refractivity contribution in [2.24, 2.45) is 0 Å². The lowest BCUT2D eigenvalue weighted by Gasteiger charge is -2.64. The zero-order valence-electron chi connectivity index (χ0n) is 23.0. The molecular formula is C24H34O17. The summed E-state index contributed by atoms with van der Waals surface area (Å²) in [6.45, 7) is 0.244. The molecule has 10 atom stereocenters. The smallest absolute Gasteiger partial charge is 0.270 e. The predicted molar refractivity (Wildman–Crippen MR) is 126 cm³/mol. The number of aliphatic hydroxyl groups excluding tert-OH is 4. The molecule has 2 aliphatic rings. The second kappa shape index (κ2) is 10.7. The van der Waals surface area contributed by atoms with Gasteiger partial charge in [0.15, 0.2) is 40.3 Å². The Labute approximate surface area is 232 Å². The molecule has 0 aromatic heterocycles. The van der Waals surface area contributed by atoms with Crippen molar-refractivity contribution >= 4 is 34.7 Å². The van der Waals surface area contributed by atoms with Gasteiger partial charge in [-0.05, 0) is 27.7 Å². The summed E-state index contributed by atoms with van der Waals surface area (Å²) >= 11 is 0. The molecule has 0 aromatic rings. The van der Waals surface area contributed by atoms with E-state index in [-0.39, 0.29) is 0 Å². The Balaban J connectivity index is 3.24. The minimum absolute atomic E-state index is 0.448. The molecule has 0 aromatic carbocycles. The molecular weight excluding hydrogens is 560 g/mol. The molecule has 0 amide bonds. The number of hydrogen-bond donors (Lipinski definition) is 8. The summed E-state index contributed by atoms with van der Waals surface area (Å²) in [6.07, 6.45) is -9.82. The summed E-state index contributed by atoms with van der Waals surface area (Å²) < 4.78 is 16.0. The van der Waals surface area contributed by atoms with Crippen LogP contribution in [-0.2, 0) is 43.0 Å². The molecule has 0 saturated carbocycles. The van der Waals surface area contributed by atoms with Gasteiger partial charge < -0.3 is 55.1 Å². The quantitative estimate of drug-likeness (QED) is 0.117. The highest BCUT2D eigenvalue weighted by molar-refractivity contribution is 6.09. The van der Waals surface area contributed by atoms with Gasteiger partial charge in [-0.1, -0.05) is 0 Å². The Morgan fingerprint density at radius 3 is 1.46 bits per heavy atom. The van der Waals surface area contributed by atoms with Crippen LogP contribution in [0, 0.1) is 0 Å². The molecule has 17 heteroatoms. The van der Waals surface area contributed by atoms with Crippen LogP contribution in [0.2, 0.25) is 0 Å². The summed E-state index contributed by atoms with van der Waals surface area (Å²) in [5.74, 6) is -17.8. The van der Waals surface area contributed by atoms with E-state index < -0.39 is 106 Å². The lowest BCUT2D eigenvalue weighted by atomic mass is 9.57. The SMILES string of the molecule is CC(=O)C1(O)O[C@H](CO)[C@](O[C@]2(C(C)=O)O[C@H](CO)[C@H](O)[C@H](O)[C@]2(O)C(C)=O)(C(C)=O)[C@@](O)(C(C)=O)[C@]1(O)C(C)=O.